The number of carbonyl (C=O) groups is 1. The van der Waals surface area contributed by atoms with Crippen molar-refractivity contribution in [1.29, 1.82) is 0 Å². The van der Waals surface area contributed by atoms with Gasteiger partial charge in [0.15, 0.2) is 5.78 Å². The van der Waals surface area contributed by atoms with Crippen molar-refractivity contribution in [3.05, 3.63) is 101 Å². The number of benzene rings is 3. The average Bonchev–Trinajstić information content (AvgIpc) is 3.39. The van der Waals surface area contributed by atoms with Gasteiger partial charge in [0, 0.05) is 24.4 Å². The van der Waals surface area contributed by atoms with Crippen LogP contribution in [-0.2, 0) is 24.2 Å². The Morgan fingerprint density at radius 1 is 0.943 bits per heavy atom. The van der Waals surface area contributed by atoms with Crippen LogP contribution in [0.25, 0.3) is 0 Å². The molecule has 2 atom stereocenters. The maximum atomic E-state index is 12.2. The van der Waals surface area contributed by atoms with Gasteiger partial charge in [0.25, 0.3) is 0 Å². The van der Waals surface area contributed by atoms with Crippen molar-refractivity contribution in [3.8, 4) is 5.75 Å². The zero-order valence-corrected chi connectivity index (χ0v) is 20.4. The molecular weight excluding hydrogens is 434 g/mol. The molecule has 1 fully saturated rings. The fourth-order valence-electron chi connectivity index (χ4n) is 5.31. The second-order valence-electron chi connectivity index (χ2n) is 9.72. The zero-order valence-electron chi connectivity index (χ0n) is 20.4. The number of piperidine rings is 1. The minimum absolute atomic E-state index is 0.160. The molecule has 4 heteroatoms. The fraction of sp³-hybridized carbons (Fsp3) is 0.387. The van der Waals surface area contributed by atoms with Crippen LogP contribution < -0.4 is 10.1 Å². The Kier molecular flexibility index (Phi) is 7.92. The number of nitrogens with one attached hydrogen (secondary N) is 1. The van der Waals surface area contributed by atoms with Crippen LogP contribution in [0.5, 0.6) is 5.75 Å². The quantitative estimate of drug-likeness (QED) is 0.298. The molecule has 0 saturated carbocycles. The number of Topliss-reactive ketones (excluding diaryl/α,β-unsaturated/α-hetero) is 1. The molecule has 1 N–H and O–H groups in total. The molecule has 182 valence electrons. The van der Waals surface area contributed by atoms with Crippen LogP contribution in [0.15, 0.2) is 72.8 Å². The minimum Gasteiger partial charge on any atom is -0.494 e. The monoisotopic (exact) mass is 469 g/mol. The molecule has 3 aromatic rings. The molecule has 0 radical (unpaired) electrons. The third kappa shape index (κ3) is 6.19. The average molecular weight is 470 g/mol. The first-order valence-electron chi connectivity index (χ1n) is 13.0. The normalized spacial score (nSPS) is 19.3. The van der Waals surface area contributed by atoms with Crippen molar-refractivity contribution in [2.45, 2.75) is 57.2 Å². The minimum atomic E-state index is 0.160. The number of aryl methyl sites for hydroxylation is 2. The molecule has 1 aliphatic heterocycles. The molecule has 0 amide bonds. The molecule has 35 heavy (non-hydrogen) atoms. The van der Waals surface area contributed by atoms with Gasteiger partial charge in [0.1, 0.15) is 5.75 Å². The molecular formula is C31H35NO3. The van der Waals surface area contributed by atoms with Crippen LogP contribution >= 0.6 is 0 Å². The first-order chi connectivity index (χ1) is 17.3. The van der Waals surface area contributed by atoms with Crippen molar-refractivity contribution < 1.29 is 14.3 Å². The van der Waals surface area contributed by atoms with E-state index in [0.29, 0.717) is 32.0 Å². The van der Waals surface area contributed by atoms with Crippen LogP contribution in [0.2, 0.25) is 0 Å². The third-order valence-electron chi connectivity index (χ3n) is 7.27. The lowest BCUT2D eigenvalue weighted by Gasteiger charge is -2.32. The molecule has 5 rings (SSSR count). The zero-order chi connectivity index (χ0) is 23.9. The van der Waals surface area contributed by atoms with Crippen LogP contribution in [0.1, 0.15) is 64.2 Å². The van der Waals surface area contributed by atoms with Gasteiger partial charge < -0.3 is 14.8 Å². The van der Waals surface area contributed by atoms with E-state index in [1.54, 1.807) is 0 Å². The summed E-state index contributed by atoms with van der Waals surface area (Å²) in [6, 6.07) is 24.8. The smallest absolute Gasteiger partial charge is 0.163 e. The molecule has 2 unspecified atom stereocenters. The lowest BCUT2D eigenvalue weighted by molar-refractivity contribution is 0.0106. The van der Waals surface area contributed by atoms with Crippen LogP contribution in [0.3, 0.4) is 0 Å². The van der Waals surface area contributed by atoms with Gasteiger partial charge in [0.2, 0.25) is 0 Å². The molecule has 2 aliphatic rings. The van der Waals surface area contributed by atoms with E-state index in [0.717, 1.165) is 30.8 Å². The summed E-state index contributed by atoms with van der Waals surface area (Å²) in [5, 5.41) is 3.50. The van der Waals surface area contributed by atoms with Gasteiger partial charge in [-0.25, -0.2) is 0 Å². The number of rotatable bonds is 10. The summed E-state index contributed by atoms with van der Waals surface area (Å²) in [4.78, 5) is 12.2. The highest BCUT2D eigenvalue weighted by molar-refractivity contribution is 5.95. The predicted molar refractivity (Wildman–Crippen MR) is 139 cm³/mol. The van der Waals surface area contributed by atoms with Gasteiger partial charge in [-0.3, -0.25) is 4.79 Å². The highest BCUT2D eigenvalue weighted by Crippen LogP contribution is 2.30. The lowest BCUT2D eigenvalue weighted by atomic mass is 9.87. The topological polar surface area (TPSA) is 47.6 Å². The Morgan fingerprint density at radius 3 is 2.63 bits per heavy atom. The Bertz CT molecular complexity index is 1110. The Morgan fingerprint density at radius 2 is 1.77 bits per heavy atom. The molecule has 1 saturated heterocycles. The molecule has 3 aromatic carbocycles. The van der Waals surface area contributed by atoms with E-state index in [1.807, 2.05) is 42.5 Å². The molecule has 4 nitrogen and oxygen atoms in total. The maximum absolute atomic E-state index is 12.2. The van der Waals surface area contributed by atoms with E-state index in [1.165, 1.54) is 41.5 Å². The summed E-state index contributed by atoms with van der Waals surface area (Å²) in [6.45, 7) is 3.09. The summed E-state index contributed by atoms with van der Waals surface area (Å²) in [6.07, 6.45) is 6.14. The SMILES string of the molecule is O=C(CCCOc1ccc(C2CCNCC2OCc2ccc3c(c2)CCC3)cc1)c1ccccc1. The van der Waals surface area contributed by atoms with Crippen molar-refractivity contribution in [3.63, 3.8) is 0 Å². The van der Waals surface area contributed by atoms with E-state index < -0.39 is 0 Å². The largest absolute Gasteiger partial charge is 0.494 e. The summed E-state index contributed by atoms with van der Waals surface area (Å²) < 4.78 is 12.3. The maximum Gasteiger partial charge on any atom is 0.163 e. The molecule has 0 aromatic heterocycles. The number of ketones is 1. The van der Waals surface area contributed by atoms with E-state index in [-0.39, 0.29) is 11.9 Å². The fourth-order valence-corrected chi connectivity index (χ4v) is 5.31. The second kappa shape index (κ2) is 11.7. The number of fused-ring (bicyclic) bond motifs is 1. The van der Waals surface area contributed by atoms with Gasteiger partial charge in [-0.2, -0.15) is 0 Å². The van der Waals surface area contributed by atoms with Crippen LogP contribution in [-0.4, -0.2) is 31.6 Å². The summed E-state index contributed by atoms with van der Waals surface area (Å²) >= 11 is 0. The summed E-state index contributed by atoms with van der Waals surface area (Å²) in [5.74, 6) is 1.40. The summed E-state index contributed by atoms with van der Waals surface area (Å²) in [5.41, 5.74) is 6.37. The Balaban J connectivity index is 1.11. The number of ether oxygens (including phenoxy) is 2. The van der Waals surface area contributed by atoms with E-state index in [2.05, 4.69) is 35.6 Å². The van der Waals surface area contributed by atoms with Crippen molar-refractivity contribution >= 4 is 5.78 Å². The number of hydrogen-bond acceptors (Lipinski definition) is 4. The molecule has 1 heterocycles. The van der Waals surface area contributed by atoms with Crippen molar-refractivity contribution in [1.82, 2.24) is 5.32 Å². The van der Waals surface area contributed by atoms with E-state index >= 15 is 0 Å². The van der Waals surface area contributed by atoms with Gasteiger partial charge >= 0.3 is 0 Å². The van der Waals surface area contributed by atoms with Crippen molar-refractivity contribution in [2.75, 3.05) is 19.7 Å². The second-order valence-corrected chi connectivity index (χ2v) is 9.72. The van der Waals surface area contributed by atoms with Crippen molar-refractivity contribution in [2.24, 2.45) is 0 Å². The van der Waals surface area contributed by atoms with E-state index in [4.69, 9.17) is 9.47 Å². The predicted octanol–water partition coefficient (Wildman–Crippen LogP) is 5.88. The number of hydrogen-bond donors (Lipinski definition) is 1. The molecule has 0 spiro atoms. The number of carbonyl (C=O) groups excluding carboxylic acids is 1. The van der Waals surface area contributed by atoms with E-state index in [9.17, 15) is 4.79 Å². The lowest BCUT2D eigenvalue weighted by Crippen LogP contribution is -2.40. The summed E-state index contributed by atoms with van der Waals surface area (Å²) in [7, 11) is 0. The Hall–Kier alpha value is -2.95. The standard InChI is InChI=1S/C31H35NO3/c33-30(26-6-2-1-3-7-26)10-5-19-34-28-15-13-25(14-16-28)29-17-18-32-21-31(29)35-22-23-11-12-24-8-4-9-27(24)20-23/h1-3,6-7,11-16,20,29,31-32H,4-5,8-10,17-19,21-22H2. The van der Waals surface area contributed by atoms with Crippen LogP contribution in [0, 0.1) is 0 Å². The first-order valence-corrected chi connectivity index (χ1v) is 13.0. The highest BCUT2D eigenvalue weighted by atomic mass is 16.5. The van der Waals surface area contributed by atoms with Gasteiger partial charge in [-0.15, -0.1) is 0 Å². The molecule has 0 bridgehead atoms. The van der Waals surface area contributed by atoms with Gasteiger partial charge in [-0.1, -0.05) is 60.7 Å². The third-order valence-corrected chi connectivity index (χ3v) is 7.27. The Labute approximate surface area is 208 Å². The van der Waals surface area contributed by atoms with Crippen LogP contribution in [0.4, 0.5) is 0 Å². The molecule has 1 aliphatic carbocycles. The van der Waals surface area contributed by atoms with Gasteiger partial charge in [-0.05, 0) is 73.0 Å². The first kappa shape index (κ1) is 23.8. The van der Waals surface area contributed by atoms with Gasteiger partial charge in [0.05, 0.1) is 19.3 Å². The highest BCUT2D eigenvalue weighted by Gasteiger charge is 2.27.